The Hall–Kier alpha value is -4.37. The molecule has 0 aliphatic rings. The third-order valence-corrected chi connectivity index (χ3v) is 5.41. The quantitative estimate of drug-likeness (QED) is 0.367. The van der Waals surface area contributed by atoms with Crippen LogP contribution < -0.4 is 10.2 Å². The average molecular weight is 422 g/mol. The van der Waals surface area contributed by atoms with Crippen LogP contribution in [0.3, 0.4) is 0 Å². The van der Waals surface area contributed by atoms with Gasteiger partial charge in [-0.05, 0) is 67.1 Å². The van der Waals surface area contributed by atoms with Gasteiger partial charge in [0.05, 0.1) is 30.5 Å². The highest BCUT2D eigenvalue weighted by atomic mass is 16.5. The number of aromatic nitrogens is 1. The van der Waals surface area contributed by atoms with Crippen LogP contribution in [0.2, 0.25) is 0 Å². The fourth-order valence-electron chi connectivity index (χ4n) is 3.79. The van der Waals surface area contributed by atoms with Crippen molar-refractivity contribution in [3.8, 4) is 17.5 Å². The van der Waals surface area contributed by atoms with E-state index in [0.717, 1.165) is 33.4 Å². The predicted octanol–water partition coefficient (Wildman–Crippen LogP) is 4.89. The molecule has 4 rings (SSSR count). The zero-order valence-corrected chi connectivity index (χ0v) is 18.1. The highest BCUT2D eigenvalue weighted by molar-refractivity contribution is 6.02. The molecule has 0 fully saturated rings. The van der Waals surface area contributed by atoms with E-state index in [2.05, 4.69) is 21.2 Å². The van der Waals surface area contributed by atoms with Gasteiger partial charge in [0.2, 0.25) is 0 Å². The van der Waals surface area contributed by atoms with Crippen molar-refractivity contribution >= 4 is 22.9 Å². The largest absolute Gasteiger partial charge is 0.496 e. The molecule has 1 N–H and O–H groups in total. The first kappa shape index (κ1) is 20.9. The summed E-state index contributed by atoms with van der Waals surface area (Å²) < 4.78 is 7.49. The number of hydrogen-bond acceptors (Lipinski definition) is 4. The molecule has 3 aromatic carbocycles. The van der Waals surface area contributed by atoms with Crippen LogP contribution in [-0.2, 0) is 0 Å². The van der Waals surface area contributed by atoms with Crippen molar-refractivity contribution in [2.75, 3.05) is 7.11 Å². The first-order valence-corrected chi connectivity index (χ1v) is 10.1. The molecule has 6 heteroatoms. The van der Waals surface area contributed by atoms with E-state index in [1.54, 1.807) is 31.5 Å². The Morgan fingerprint density at radius 1 is 1.06 bits per heavy atom. The van der Waals surface area contributed by atoms with E-state index < -0.39 is 0 Å². The van der Waals surface area contributed by atoms with Gasteiger partial charge in [0.1, 0.15) is 5.75 Å². The van der Waals surface area contributed by atoms with E-state index in [0.29, 0.717) is 16.9 Å². The number of fused-ring (bicyclic) bond motifs is 1. The smallest absolute Gasteiger partial charge is 0.275 e. The minimum Gasteiger partial charge on any atom is -0.496 e. The normalized spacial score (nSPS) is 10.9. The Morgan fingerprint density at radius 3 is 2.41 bits per heavy atom. The number of hydrazone groups is 1. The van der Waals surface area contributed by atoms with E-state index in [1.807, 2.05) is 62.4 Å². The SMILES string of the molecule is COc1cc2ccccc2cc1C(=O)N/N=C\c1cc(C)n(-c2ccc(C#N)cc2)c1C. The number of hydrogen-bond donors (Lipinski definition) is 1. The molecule has 4 aromatic rings. The number of nitriles is 1. The molecule has 1 heterocycles. The zero-order chi connectivity index (χ0) is 22.7. The molecular weight excluding hydrogens is 400 g/mol. The molecule has 32 heavy (non-hydrogen) atoms. The van der Waals surface area contributed by atoms with Crippen LogP contribution in [0.4, 0.5) is 0 Å². The minimum atomic E-state index is -0.343. The Labute approximate surface area is 186 Å². The van der Waals surface area contributed by atoms with Gasteiger partial charge in [-0.1, -0.05) is 24.3 Å². The van der Waals surface area contributed by atoms with E-state index in [-0.39, 0.29) is 5.91 Å². The van der Waals surface area contributed by atoms with Crippen molar-refractivity contribution in [1.82, 2.24) is 9.99 Å². The molecular formula is C26H22N4O2. The summed E-state index contributed by atoms with van der Waals surface area (Å²) in [5.41, 5.74) is 7.49. The highest BCUT2D eigenvalue weighted by Crippen LogP contribution is 2.26. The molecule has 1 aromatic heterocycles. The molecule has 0 radical (unpaired) electrons. The first-order valence-electron chi connectivity index (χ1n) is 10.1. The van der Waals surface area contributed by atoms with Crippen LogP contribution in [0, 0.1) is 25.2 Å². The van der Waals surface area contributed by atoms with Crippen molar-refractivity contribution in [3.05, 3.63) is 94.8 Å². The number of aryl methyl sites for hydroxylation is 1. The van der Waals surface area contributed by atoms with Gasteiger partial charge in [0, 0.05) is 22.6 Å². The molecule has 0 unspecified atom stereocenters. The lowest BCUT2D eigenvalue weighted by atomic mass is 10.1. The standard InChI is InChI=1S/C26H22N4O2/c1-17-12-22(18(2)30(17)23-10-8-19(15-27)9-11-23)16-28-29-26(31)24-13-20-6-4-5-7-21(20)14-25(24)32-3/h4-14,16H,1-3H3,(H,29,31)/b28-16-. The summed E-state index contributed by atoms with van der Waals surface area (Å²) in [5.74, 6) is 0.153. The van der Waals surface area contributed by atoms with Crippen LogP contribution in [-0.4, -0.2) is 23.8 Å². The number of carbonyl (C=O) groups excluding carboxylic acids is 1. The van der Waals surface area contributed by atoms with Gasteiger partial charge in [0.15, 0.2) is 0 Å². The van der Waals surface area contributed by atoms with Gasteiger partial charge in [-0.3, -0.25) is 4.79 Å². The van der Waals surface area contributed by atoms with Crippen molar-refractivity contribution in [2.24, 2.45) is 5.10 Å². The summed E-state index contributed by atoms with van der Waals surface area (Å²) in [7, 11) is 1.54. The highest BCUT2D eigenvalue weighted by Gasteiger charge is 2.14. The van der Waals surface area contributed by atoms with Crippen molar-refractivity contribution in [1.29, 1.82) is 5.26 Å². The lowest BCUT2D eigenvalue weighted by Gasteiger charge is -2.10. The van der Waals surface area contributed by atoms with Gasteiger partial charge >= 0.3 is 0 Å². The second-order valence-corrected chi connectivity index (χ2v) is 7.42. The summed E-state index contributed by atoms with van der Waals surface area (Å²) in [6.45, 7) is 3.99. The van der Waals surface area contributed by atoms with E-state index in [9.17, 15) is 4.79 Å². The van der Waals surface area contributed by atoms with Crippen molar-refractivity contribution in [3.63, 3.8) is 0 Å². The summed E-state index contributed by atoms with van der Waals surface area (Å²) in [6.07, 6.45) is 1.63. The minimum absolute atomic E-state index is 0.343. The number of benzene rings is 3. The Kier molecular flexibility index (Phi) is 5.73. The third-order valence-electron chi connectivity index (χ3n) is 5.41. The second-order valence-electron chi connectivity index (χ2n) is 7.42. The molecule has 6 nitrogen and oxygen atoms in total. The topological polar surface area (TPSA) is 79.4 Å². The predicted molar refractivity (Wildman–Crippen MR) is 126 cm³/mol. The lowest BCUT2D eigenvalue weighted by Crippen LogP contribution is -2.18. The molecule has 1 amide bonds. The molecule has 0 aliphatic carbocycles. The molecule has 0 spiro atoms. The maximum absolute atomic E-state index is 12.8. The number of nitrogens with zero attached hydrogens (tertiary/aromatic N) is 3. The average Bonchev–Trinajstić information content (AvgIpc) is 3.10. The second kappa shape index (κ2) is 8.78. The fourth-order valence-corrected chi connectivity index (χ4v) is 3.79. The van der Waals surface area contributed by atoms with Gasteiger partial charge in [-0.15, -0.1) is 0 Å². The Balaban J connectivity index is 1.56. The number of amides is 1. The number of methoxy groups -OCH3 is 1. The maximum atomic E-state index is 12.8. The van der Waals surface area contributed by atoms with Crippen LogP contribution in [0.25, 0.3) is 16.5 Å². The van der Waals surface area contributed by atoms with E-state index in [1.165, 1.54) is 0 Å². The molecule has 0 aliphatic heterocycles. The lowest BCUT2D eigenvalue weighted by molar-refractivity contribution is 0.0952. The summed E-state index contributed by atoms with van der Waals surface area (Å²) in [5, 5.41) is 15.1. The zero-order valence-electron chi connectivity index (χ0n) is 18.1. The van der Waals surface area contributed by atoms with Gasteiger partial charge in [-0.2, -0.15) is 10.4 Å². The maximum Gasteiger partial charge on any atom is 0.275 e. The van der Waals surface area contributed by atoms with Crippen molar-refractivity contribution < 1.29 is 9.53 Å². The molecule has 0 saturated carbocycles. The molecule has 158 valence electrons. The Bertz CT molecular complexity index is 1380. The fraction of sp³-hybridized carbons (Fsp3) is 0.115. The number of ether oxygens (including phenoxy) is 1. The van der Waals surface area contributed by atoms with Crippen LogP contribution in [0.15, 0.2) is 71.8 Å². The summed E-state index contributed by atoms with van der Waals surface area (Å²) >= 11 is 0. The van der Waals surface area contributed by atoms with Gasteiger partial charge < -0.3 is 9.30 Å². The Morgan fingerprint density at radius 2 is 1.75 bits per heavy atom. The third kappa shape index (κ3) is 3.96. The summed E-state index contributed by atoms with van der Waals surface area (Å²) in [6, 6.07) is 23.0. The number of nitrogens with one attached hydrogen (secondary N) is 1. The van der Waals surface area contributed by atoms with Crippen LogP contribution in [0.5, 0.6) is 5.75 Å². The van der Waals surface area contributed by atoms with Gasteiger partial charge in [0.25, 0.3) is 5.91 Å². The summed E-state index contributed by atoms with van der Waals surface area (Å²) in [4.78, 5) is 12.8. The van der Waals surface area contributed by atoms with Crippen LogP contribution in [0.1, 0.15) is 32.9 Å². The van der Waals surface area contributed by atoms with E-state index >= 15 is 0 Å². The first-order chi connectivity index (χ1) is 15.5. The van der Waals surface area contributed by atoms with Gasteiger partial charge in [-0.25, -0.2) is 5.43 Å². The molecule has 0 bridgehead atoms. The number of rotatable bonds is 5. The molecule has 0 atom stereocenters. The van der Waals surface area contributed by atoms with Crippen LogP contribution >= 0.6 is 0 Å². The molecule has 0 saturated heterocycles. The van der Waals surface area contributed by atoms with E-state index in [4.69, 9.17) is 10.00 Å². The number of carbonyl (C=O) groups is 1. The van der Waals surface area contributed by atoms with Crippen molar-refractivity contribution in [2.45, 2.75) is 13.8 Å². The monoisotopic (exact) mass is 422 g/mol.